The van der Waals surface area contributed by atoms with Crippen LogP contribution in [0.3, 0.4) is 0 Å². The van der Waals surface area contributed by atoms with Crippen molar-refractivity contribution in [1.29, 1.82) is 0 Å². The number of carbonyl (C=O) groups excluding carboxylic acids is 2. The Balaban J connectivity index is 1.20. The van der Waals surface area contributed by atoms with Gasteiger partial charge in [0.2, 0.25) is 0 Å². The summed E-state index contributed by atoms with van der Waals surface area (Å²) in [5, 5.41) is 9.75. The van der Waals surface area contributed by atoms with Gasteiger partial charge >= 0.3 is 0 Å². The Morgan fingerprint density at radius 3 is 1.72 bits per heavy atom. The van der Waals surface area contributed by atoms with E-state index in [0.717, 1.165) is 53.0 Å². The van der Waals surface area contributed by atoms with E-state index < -0.39 is 6.29 Å². The number of hydrogen-bond donors (Lipinski definition) is 1. The number of aliphatic hydroxyl groups excluding tert-OH is 1. The Hall–Kier alpha value is -4.14. The topological polar surface area (TPSA) is 79.3 Å². The zero-order valence-electron chi connectivity index (χ0n) is 34.5. The van der Waals surface area contributed by atoms with Crippen molar-refractivity contribution in [3.05, 3.63) is 130 Å². The van der Waals surface area contributed by atoms with Gasteiger partial charge in [0.25, 0.3) is 11.8 Å². The van der Waals surface area contributed by atoms with E-state index in [1.165, 1.54) is 81.9 Å². The SMILES string of the molecule is CCCCCCCCN(CCCCCCCC)C[C@H]1O[C@@H](c2ccc(-c3ccccc3CN3C(=O)c4ccccc4C3=O)cc2)O[C@@H](c2ccc(CO)cc2)[C@H]1C. The van der Waals surface area contributed by atoms with Crippen LogP contribution in [-0.2, 0) is 22.6 Å². The van der Waals surface area contributed by atoms with Crippen LogP contribution in [0.2, 0.25) is 0 Å². The summed E-state index contributed by atoms with van der Waals surface area (Å²) in [6, 6.07) is 31.5. The third-order valence-electron chi connectivity index (χ3n) is 11.9. The molecule has 0 radical (unpaired) electrons. The van der Waals surface area contributed by atoms with Crippen molar-refractivity contribution in [2.45, 2.75) is 129 Å². The average Bonchev–Trinajstić information content (AvgIpc) is 3.48. The molecule has 57 heavy (non-hydrogen) atoms. The van der Waals surface area contributed by atoms with Crippen molar-refractivity contribution in [2.24, 2.45) is 5.92 Å². The van der Waals surface area contributed by atoms with Crippen LogP contribution in [0, 0.1) is 5.92 Å². The van der Waals surface area contributed by atoms with Gasteiger partial charge in [0.1, 0.15) is 0 Å². The minimum Gasteiger partial charge on any atom is -0.392 e. The van der Waals surface area contributed by atoms with Crippen LogP contribution in [0.4, 0.5) is 0 Å². The van der Waals surface area contributed by atoms with Crippen LogP contribution in [-0.4, -0.2) is 52.5 Å². The number of unbranched alkanes of at least 4 members (excludes halogenated alkanes) is 10. The molecule has 1 fully saturated rings. The molecule has 0 aliphatic carbocycles. The number of imide groups is 1. The molecule has 4 aromatic rings. The number of rotatable bonds is 22. The van der Waals surface area contributed by atoms with Crippen molar-refractivity contribution in [3.63, 3.8) is 0 Å². The summed E-state index contributed by atoms with van der Waals surface area (Å²) in [5.41, 5.74) is 6.71. The van der Waals surface area contributed by atoms with Crippen molar-refractivity contribution in [2.75, 3.05) is 19.6 Å². The Morgan fingerprint density at radius 1 is 0.614 bits per heavy atom. The summed E-state index contributed by atoms with van der Waals surface area (Å²) in [4.78, 5) is 30.4. The van der Waals surface area contributed by atoms with Gasteiger partial charge in [-0.2, -0.15) is 0 Å². The average molecular weight is 773 g/mol. The Kier molecular flexibility index (Phi) is 16.1. The largest absolute Gasteiger partial charge is 0.392 e. The van der Waals surface area contributed by atoms with E-state index >= 15 is 0 Å². The number of aliphatic hydroxyl groups is 1. The maximum absolute atomic E-state index is 13.2. The van der Waals surface area contributed by atoms with Crippen LogP contribution in [0.15, 0.2) is 97.1 Å². The molecular weight excluding hydrogens is 709 g/mol. The fraction of sp³-hybridized carbons (Fsp3) is 0.480. The van der Waals surface area contributed by atoms with Crippen molar-refractivity contribution in [1.82, 2.24) is 9.80 Å². The van der Waals surface area contributed by atoms with Crippen molar-refractivity contribution < 1.29 is 24.2 Å². The highest BCUT2D eigenvalue weighted by Gasteiger charge is 2.39. The number of fused-ring (bicyclic) bond motifs is 1. The fourth-order valence-electron chi connectivity index (χ4n) is 8.42. The molecule has 6 rings (SSSR count). The number of nitrogens with zero attached hydrogens (tertiary/aromatic N) is 2. The highest BCUT2D eigenvalue weighted by atomic mass is 16.7. The van der Waals surface area contributed by atoms with Gasteiger partial charge in [0.15, 0.2) is 6.29 Å². The maximum atomic E-state index is 13.2. The van der Waals surface area contributed by atoms with Crippen LogP contribution in [0.5, 0.6) is 0 Å². The summed E-state index contributed by atoms with van der Waals surface area (Å²) in [6.45, 7) is 10.0. The first-order valence-corrected chi connectivity index (χ1v) is 21.8. The predicted molar refractivity (Wildman–Crippen MR) is 229 cm³/mol. The lowest BCUT2D eigenvalue weighted by atomic mass is 9.89. The van der Waals surface area contributed by atoms with Gasteiger partial charge in [-0.3, -0.25) is 14.5 Å². The van der Waals surface area contributed by atoms with E-state index in [1.807, 2.05) is 36.4 Å². The van der Waals surface area contributed by atoms with Crippen LogP contribution in [0.25, 0.3) is 11.1 Å². The zero-order chi connectivity index (χ0) is 40.0. The Bertz CT molecular complexity index is 1810. The lowest BCUT2D eigenvalue weighted by Gasteiger charge is -2.43. The summed E-state index contributed by atoms with van der Waals surface area (Å²) >= 11 is 0. The predicted octanol–water partition coefficient (Wildman–Crippen LogP) is 11.5. The second kappa shape index (κ2) is 21.6. The molecule has 7 heteroatoms. The smallest absolute Gasteiger partial charge is 0.261 e. The molecule has 0 spiro atoms. The van der Waals surface area contributed by atoms with Gasteiger partial charge in [0, 0.05) is 18.0 Å². The van der Waals surface area contributed by atoms with Crippen molar-refractivity contribution in [3.8, 4) is 11.1 Å². The third kappa shape index (κ3) is 11.1. The standard InChI is InChI=1S/C50H64N2O5/c1-4-6-8-10-12-18-32-51(33-19-13-11-9-7-5-2)35-46-37(3)47(40-26-24-38(36-53)25-27-40)57-50(56-46)41-30-28-39(29-31-41)43-21-15-14-20-42(43)34-52-48(54)44-22-16-17-23-45(44)49(52)55/h14-17,20-31,37,46-47,50,53H,4-13,18-19,32-36H2,1-3H3/t37-,46+,47+,50+/m0/s1. The van der Waals surface area contributed by atoms with Crippen LogP contribution in [0.1, 0.15) is 153 Å². The van der Waals surface area contributed by atoms with Crippen LogP contribution >= 0.6 is 0 Å². The first-order valence-electron chi connectivity index (χ1n) is 21.8. The first kappa shape index (κ1) is 42.5. The number of hydrogen-bond acceptors (Lipinski definition) is 6. The molecule has 304 valence electrons. The number of carbonyl (C=O) groups is 2. The number of benzene rings is 4. The Labute approximate surface area is 341 Å². The fourth-order valence-corrected chi connectivity index (χ4v) is 8.42. The lowest BCUT2D eigenvalue weighted by molar-refractivity contribution is -0.276. The molecule has 2 heterocycles. The van der Waals surface area contributed by atoms with E-state index in [-0.39, 0.29) is 43.1 Å². The second-order valence-corrected chi connectivity index (χ2v) is 16.2. The molecule has 2 aliphatic heterocycles. The minimum atomic E-state index is -0.554. The number of ether oxygens (including phenoxy) is 2. The molecule has 2 amide bonds. The molecule has 1 saturated heterocycles. The van der Waals surface area contributed by atoms with E-state index in [4.69, 9.17) is 9.47 Å². The quantitative estimate of drug-likeness (QED) is 0.0633. The summed E-state index contributed by atoms with van der Waals surface area (Å²) in [5.74, 6) is -0.394. The minimum absolute atomic E-state index is 0.00927. The molecule has 4 aromatic carbocycles. The van der Waals surface area contributed by atoms with Gasteiger partial charge in [-0.15, -0.1) is 0 Å². The van der Waals surface area contributed by atoms with Gasteiger partial charge in [-0.25, -0.2) is 0 Å². The van der Waals surface area contributed by atoms with Gasteiger partial charge < -0.3 is 19.5 Å². The monoisotopic (exact) mass is 772 g/mol. The van der Waals surface area contributed by atoms with E-state index in [1.54, 1.807) is 24.3 Å². The molecule has 0 saturated carbocycles. The normalized spacial score (nSPS) is 19.4. The molecule has 0 unspecified atom stereocenters. The number of amides is 2. The van der Waals surface area contributed by atoms with Gasteiger partial charge in [-0.05, 0) is 65.9 Å². The molecular formula is C50H64N2O5. The van der Waals surface area contributed by atoms with E-state index in [0.29, 0.717) is 11.1 Å². The second-order valence-electron chi connectivity index (χ2n) is 16.2. The molecule has 0 aromatic heterocycles. The van der Waals surface area contributed by atoms with Gasteiger partial charge in [-0.1, -0.05) is 170 Å². The molecule has 1 N–H and O–H groups in total. The van der Waals surface area contributed by atoms with E-state index in [9.17, 15) is 14.7 Å². The Morgan fingerprint density at radius 2 is 1.14 bits per heavy atom. The van der Waals surface area contributed by atoms with Gasteiger partial charge in [0.05, 0.1) is 36.5 Å². The van der Waals surface area contributed by atoms with E-state index in [2.05, 4.69) is 62.1 Å². The molecule has 2 aliphatic rings. The van der Waals surface area contributed by atoms with Crippen LogP contribution < -0.4 is 0 Å². The summed E-state index contributed by atoms with van der Waals surface area (Å²) in [7, 11) is 0. The highest BCUT2D eigenvalue weighted by Crippen LogP contribution is 2.42. The lowest BCUT2D eigenvalue weighted by Crippen LogP contribution is -2.45. The maximum Gasteiger partial charge on any atom is 0.261 e. The van der Waals surface area contributed by atoms with Crippen molar-refractivity contribution >= 4 is 11.8 Å². The first-order chi connectivity index (χ1) is 27.9. The zero-order valence-corrected chi connectivity index (χ0v) is 34.5. The molecule has 0 bridgehead atoms. The summed E-state index contributed by atoms with van der Waals surface area (Å²) in [6.07, 6.45) is 14.6. The summed E-state index contributed by atoms with van der Waals surface area (Å²) < 4.78 is 13.8. The third-order valence-corrected chi connectivity index (χ3v) is 11.9. The molecule has 4 atom stereocenters. The molecule has 7 nitrogen and oxygen atoms in total. The highest BCUT2D eigenvalue weighted by molar-refractivity contribution is 6.21.